The van der Waals surface area contributed by atoms with Crippen molar-refractivity contribution in [1.82, 2.24) is 10.2 Å². The second-order valence-electron chi connectivity index (χ2n) is 7.94. The van der Waals surface area contributed by atoms with E-state index in [-0.39, 0.29) is 17.3 Å². The highest BCUT2D eigenvalue weighted by Crippen LogP contribution is 2.35. The highest BCUT2D eigenvalue weighted by atomic mass is 16.5. The number of guanidine groups is 1. The number of hydrogen-bond donors (Lipinski definition) is 1. The van der Waals surface area contributed by atoms with Gasteiger partial charge in [-0.1, -0.05) is 30.3 Å². The van der Waals surface area contributed by atoms with Gasteiger partial charge in [-0.05, 0) is 45.1 Å². The van der Waals surface area contributed by atoms with Crippen molar-refractivity contribution in [2.75, 3.05) is 46.0 Å². The molecule has 2 saturated heterocycles. The van der Waals surface area contributed by atoms with Crippen molar-refractivity contribution >= 4 is 11.9 Å². The molecule has 29 heavy (non-hydrogen) atoms. The predicted octanol–water partition coefficient (Wildman–Crippen LogP) is 2.98. The number of esters is 1. The lowest BCUT2D eigenvalue weighted by atomic mass is 9.74. The van der Waals surface area contributed by atoms with Crippen LogP contribution in [-0.2, 0) is 19.7 Å². The van der Waals surface area contributed by atoms with Crippen molar-refractivity contribution in [3.05, 3.63) is 35.9 Å². The third-order valence-corrected chi connectivity index (χ3v) is 6.12. The van der Waals surface area contributed by atoms with Crippen LogP contribution in [0.1, 0.15) is 45.1 Å². The molecular formula is C23H35N3O3. The fraction of sp³-hybridized carbons (Fsp3) is 0.652. The van der Waals surface area contributed by atoms with E-state index in [0.717, 1.165) is 71.0 Å². The van der Waals surface area contributed by atoms with E-state index in [1.165, 1.54) is 5.56 Å². The van der Waals surface area contributed by atoms with Gasteiger partial charge < -0.3 is 19.7 Å². The third-order valence-electron chi connectivity index (χ3n) is 6.12. The first kappa shape index (κ1) is 21.6. The minimum Gasteiger partial charge on any atom is -0.466 e. The Hall–Kier alpha value is -2.08. The number of aliphatic imine (C=N–C) groups is 1. The third kappa shape index (κ3) is 5.50. The van der Waals surface area contributed by atoms with Crippen LogP contribution in [0, 0.1) is 5.92 Å². The van der Waals surface area contributed by atoms with Crippen LogP contribution >= 0.6 is 0 Å². The van der Waals surface area contributed by atoms with E-state index in [9.17, 15) is 4.79 Å². The van der Waals surface area contributed by atoms with E-state index < -0.39 is 0 Å². The molecule has 2 fully saturated rings. The second-order valence-corrected chi connectivity index (χ2v) is 7.94. The minimum atomic E-state index is -0.0562. The zero-order valence-electron chi connectivity index (χ0n) is 17.9. The van der Waals surface area contributed by atoms with Gasteiger partial charge in [-0.25, -0.2) is 0 Å². The van der Waals surface area contributed by atoms with E-state index >= 15 is 0 Å². The normalized spacial score (nSPS) is 20.3. The molecule has 1 N–H and O–H groups in total. The average Bonchev–Trinajstić information content (AvgIpc) is 2.78. The molecule has 2 aliphatic rings. The minimum absolute atomic E-state index is 0.0141. The van der Waals surface area contributed by atoms with Crippen molar-refractivity contribution < 1.29 is 14.3 Å². The second kappa shape index (κ2) is 10.6. The van der Waals surface area contributed by atoms with Gasteiger partial charge in [0.1, 0.15) is 0 Å². The lowest BCUT2D eigenvalue weighted by Crippen LogP contribution is -2.47. The highest BCUT2D eigenvalue weighted by molar-refractivity contribution is 5.80. The van der Waals surface area contributed by atoms with Gasteiger partial charge >= 0.3 is 5.97 Å². The quantitative estimate of drug-likeness (QED) is 0.451. The van der Waals surface area contributed by atoms with Gasteiger partial charge in [0, 0.05) is 38.3 Å². The molecule has 0 spiro atoms. The number of piperidine rings is 1. The Balaban J connectivity index is 1.70. The summed E-state index contributed by atoms with van der Waals surface area (Å²) >= 11 is 0. The Bertz CT molecular complexity index is 663. The zero-order valence-corrected chi connectivity index (χ0v) is 17.9. The number of likely N-dealkylation sites (tertiary alicyclic amines) is 1. The number of nitrogens with one attached hydrogen (secondary N) is 1. The van der Waals surface area contributed by atoms with Crippen molar-refractivity contribution in [2.24, 2.45) is 10.9 Å². The first-order valence-electron chi connectivity index (χ1n) is 11.0. The van der Waals surface area contributed by atoms with Gasteiger partial charge in [0.15, 0.2) is 5.96 Å². The maximum Gasteiger partial charge on any atom is 0.309 e. The lowest BCUT2D eigenvalue weighted by molar-refractivity contribution is -0.149. The summed E-state index contributed by atoms with van der Waals surface area (Å²) < 4.78 is 10.9. The Kier molecular flexibility index (Phi) is 7.92. The Labute approximate surface area is 174 Å². The summed E-state index contributed by atoms with van der Waals surface area (Å²) in [6.07, 6.45) is 3.62. The predicted molar refractivity (Wildman–Crippen MR) is 115 cm³/mol. The van der Waals surface area contributed by atoms with E-state index in [2.05, 4.69) is 47.5 Å². The summed E-state index contributed by atoms with van der Waals surface area (Å²) in [5.41, 5.74) is 1.38. The highest BCUT2D eigenvalue weighted by Gasteiger charge is 2.35. The van der Waals surface area contributed by atoms with E-state index in [1.807, 2.05) is 6.92 Å². The smallest absolute Gasteiger partial charge is 0.309 e. The molecule has 0 saturated carbocycles. The molecule has 6 nitrogen and oxygen atoms in total. The molecule has 0 bridgehead atoms. The summed E-state index contributed by atoms with van der Waals surface area (Å²) in [5.74, 6) is 0.913. The van der Waals surface area contributed by atoms with Crippen molar-refractivity contribution in [1.29, 1.82) is 0 Å². The molecule has 0 amide bonds. The van der Waals surface area contributed by atoms with E-state index in [4.69, 9.17) is 14.5 Å². The van der Waals surface area contributed by atoms with Gasteiger partial charge in [0.2, 0.25) is 0 Å². The molecule has 160 valence electrons. The van der Waals surface area contributed by atoms with Crippen LogP contribution in [0.3, 0.4) is 0 Å². The molecule has 3 rings (SSSR count). The van der Waals surface area contributed by atoms with E-state index in [1.54, 1.807) is 0 Å². The number of ether oxygens (including phenoxy) is 2. The maximum absolute atomic E-state index is 12.0. The number of carbonyl (C=O) groups is 1. The van der Waals surface area contributed by atoms with Crippen LogP contribution in [0.4, 0.5) is 0 Å². The van der Waals surface area contributed by atoms with Crippen LogP contribution < -0.4 is 5.32 Å². The zero-order chi connectivity index (χ0) is 20.5. The number of nitrogens with zero attached hydrogens (tertiary/aromatic N) is 2. The van der Waals surface area contributed by atoms with Crippen LogP contribution in [0.5, 0.6) is 0 Å². The number of carbonyl (C=O) groups excluding carboxylic acids is 1. The van der Waals surface area contributed by atoms with Gasteiger partial charge in [0.25, 0.3) is 0 Å². The fourth-order valence-corrected chi connectivity index (χ4v) is 4.33. The molecule has 0 atom stereocenters. The van der Waals surface area contributed by atoms with Crippen LogP contribution in [0.25, 0.3) is 0 Å². The number of hydrogen-bond acceptors (Lipinski definition) is 4. The maximum atomic E-state index is 12.0. The van der Waals surface area contributed by atoms with Crippen LogP contribution in [-0.4, -0.2) is 62.8 Å². The summed E-state index contributed by atoms with van der Waals surface area (Å²) in [4.78, 5) is 19.4. The fourth-order valence-electron chi connectivity index (χ4n) is 4.33. The standard InChI is InChI=1S/C23H35N3O3/c1-3-24-22(26-14-10-19(11-15-26)21(27)29-4-2)25-18-23(12-16-28-17-13-23)20-8-6-5-7-9-20/h5-9,19H,3-4,10-18H2,1-2H3,(H,24,25). The summed E-state index contributed by atoms with van der Waals surface area (Å²) in [6, 6.07) is 10.7. The molecule has 0 aliphatic carbocycles. The topological polar surface area (TPSA) is 63.2 Å². The van der Waals surface area contributed by atoms with Gasteiger partial charge in [-0.3, -0.25) is 9.79 Å². The molecule has 0 radical (unpaired) electrons. The first-order valence-corrected chi connectivity index (χ1v) is 11.0. The van der Waals surface area contributed by atoms with Crippen molar-refractivity contribution in [3.8, 4) is 0 Å². The van der Waals surface area contributed by atoms with Crippen molar-refractivity contribution in [3.63, 3.8) is 0 Å². The number of benzene rings is 1. The van der Waals surface area contributed by atoms with Crippen LogP contribution in [0.2, 0.25) is 0 Å². The molecule has 2 aliphatic heterocycles. The Morgan fingerprint density at radius 2 is 1.90 bits per heavy atom. The van der Waals surface area contributed by atoms with Crippen molar-refractivity contribution in [2.45, 2.75) is 44.9 Å². The Morgan fingerprint density at radius 1 is 1.21 bits per heavy atom. The molecule has 1 aromatic rings. The molecule has 6 heteroatoms. The summed E-state index contributed by atoms with van der Waals surface area (Å²) in [7, 11) is 0. The SMILES string of the molecule is CCNC(=NCC1(c2ccccc2)CCOCC1)N1CCC(C(=O)OCC)CC1. The number of rotatable bonds is 6. The van der Waals surface area contributed by atoms with Crippen LogP contribution in [0.15, 0.2) is 35.3 Å². The largest absolute Gasteiger partial charge is 0.466 e. The monoisotopic (exact) mass is 401 g/mol. The summed E-state index contributed by atoms with van der Waals surface area (Å²) in [6.45, 7) is 9.22. The molecule has 0 unspecified atom stereocenters. The van der Waals surface area contributed by atoms with Gasteiger partial charge in [0.05, 0.1) is 19.1 Å². The summed E-state index contributed by atoms with van der Waals surface area (Å²) in [5, 5.41) is 3.46. The first-order chi connectivity index (χ1) is 14.2. The average molecular weight is 402 g/mol. The molecule has 1 aromatic carbocycles. The Morgan fingerprint density at radius 3 is 2.52 bits per heavy atom. The lowest BCUT2D eigenvalue weighted by Gasteiger charge is -2.38. The van der Waals surface area contributed by atoms with Gasteiger partial charge in [-0.2, -0.15) is 0 Å². The van der Waals surface area contributed by atoms with Gasteiger partial charge in [-0.15, -0.1) is 0 Å². The molecule has 2 heterocycles. The molecular weight excluding hydrogens is 366 g/mol. The molecule has 0 aromatic heterocycles. The van der Waals surface area contributed by atoms with E-state index in [0.29, 0.717) is 6.61 Å².